The largest absolute Gasteiger partial charge is 0.0630 e. The van der Waals surface area contributed by atoms with E-state index in [1.807, 2.05) is 0 Å². The van der Waals surface area contributed by atoms with Crippen LogP contribution in [0.2, 0.25) is 0 Å². The first-order chi connectivity index (χ1) is 4.54. The van der Waals surface area contributed by atoms with Crippen molar-refractivity contribution in [3.8, 4) is 0 Å². The molecule has 10 heavy (non-hydrogen) atoms. The first-order valence-corrected chi connectivity index (χ1v) is 4.54. The molecule has 1 rings (SSSR count). The smallest absolute Gasteiger partial charge is 0.0391 e. The maximum atomic E-state index is 2.30. The van der Waals surface area contributed by atoms with Gasteiger partial charge in [-0.3, -0.25) is 0 Å². The van der Waals surface area contributed by atoms with E-state index in [0.29, 0.717) is 0 Å². The van der Waals surface area contributed by atoms with E-state index in [1.165, 1.54) is 12.8 Å². The van der Waals surface area contributed by atoms with Crippen LogP contribution in [0.4, 0.5) is 0 Å². The minimum Gasteiger partial charge on any atom is -0.0630 e. The molecule has 0 heterocycles. The maximum Gasteiger partial charge on any atom is -0.0391 e. The summed E-state index contributed by atoms with van der Waals surface area (Å²) in [5, 5.41) is 0. The molecule has 1 fully saturated rings. The second-order valence-corrected chi connectivity index (χ2v) is 4.31. The van der Waals surface area contributed by atoms with Crippen molar-refractivity contribution in [1.29, 1.82) is 0 Å². The Morgan fingerprint density at radius 1 is 0.900 bits per heavy atom. The third-order valence-electron chi connectivity index (χ3n) is 1.56. The van der Waals surface area contributed by atoms with Gasteiger partial charge in [-0.25, -0.2) is 0 Å². The molecule has 0 unspecified atom stereocenters. The van der Waals surface area contributed by atoms with Crippen LogP contribution in [-0.2, 0) is 0 Å². The third-order valence-corrected chi connectivity index (χ3v) is 1.56. The van der Waals surface area contributed by atoms with Crippen LogP contribution in [0, 0.1) is 17.8 Å². The molecule has 0 heteroatoms. The molecule has 0 N–H and O–H groups in total. The highest BCUT2D eigenvalue weighted by Gasteiger charge is 2.23. The summed E-state index contributed by atoms with van der Waals surface area (Å²) >= 11 is 0. The Morgan fingerprint density at radius 2 is 1.20 bits per heavy atom. The van der Waals surface area contributed by atoms with Crippen molar-refractivity contribution < 1.29 is 0 Å². The van der Waals surface area contributed by atoms with Crippen LogP contribution in [-0.4, -0.2) is 0 Å². The Balaban J connectivity index is 0.000000180. The monoisotopic (exact) mass is 142 g/mol. The summed E-state index contributed by atoms with van der Waals surface area (Å²) < 4.78 is 0. The molecule has 0 radical (unpaired) electrons. The van der Waals surface area contributed by atoms with E-state index in [1.54, 1.807) is 0 Å². The molecule has 0 aliphatic heterocycles. The molecule has 0 atom stereocenters. The van der Waals surface area contributed by atoms with Gasteiger partial charge in [0, 0.05) is 0 Å². The van der Waals surface area contributed by atoms with Crippen molar-refractivity contribution in [3.05, 3.63) is 0 Å². The summed E-state index contributed by atoms with van der Waals surface area (Å²) in [7, 11) is 0. The molecule has 1 aliphatic rings. The van der Waals surface area contributed by atoms with E-state index < -0.39 is 0 Å². The molecule has 0 aromatic rings. The van der Waals surface area contributed by atoms with Crippen molar-refractivity contribution in [3.63, 3.8) is 0 Å². The standard InChI is InChI=1S/C6H12.C4H10/c1-5(2)6-3-4-6;1-4(2)3/h5-6H,3-4H2,1-2H3;4H,1-3H3. The van der Waals surface area contributed by atoms with Crippen molar-refractivity contribution in [2.45, 2.75) is 47.5 Å². The molecular formula is C10H22. The molecular weight excluding hydrogens is 120 g/mol. The maximum absolute atomic E-state index is 2.30. The van der Waals surface area contributed by atoms with E-state index in [4.69, 9.17) is 0 Å². The van der Waals surface area contributed by atoms with Gasteiger partial charge in [0.15, 0.2) is 0 Å². The topological polar surface area (TPSA) is 0 Å². The lowest BCUT2D eigenvalue weighted by molar-refractivity contribution is 0.563. The van der Waals surface area contributed by atoms with Gasteiger partial charge in [-0.2, -0.15) is 0 Å². The summed E-state index contributed by atoms with van der Waals surface area (Å²) in [5.41, 5.74) is 0. The van der Waals surface area contributed by atoms with Gasteiger partial charge in [-0.1, -0.05) is 34.6 Å². The Bertz CT molecular complexity index is 65.4. The first-order valence-electron chi connectivity index (χ1n) is 4.54. The van der Waals surface area contributed by atoms with Crippen molar-refractivity contribution in [2.24, 2.45) is 17.8 Å². The summed E-state index contributed by atoms with van der Waals surface area (Å²) in [6.07, 6.45) is 3.00. The van der Waals surface area contributed by atoms with E-state index >= 15 is 0 Å². The van der Waals surface area contributed by atoms with Crippen molar-refractivity contribution in [2.75, 3.05) is 0 Å². The Morgan fingerprint density at radius 3 is 1.20 bits per heavy atom. The fourth-order valence-corrected chi connectivity index (χ4v) is 0.763. The van der Waals surface area contributed by atoms with E-state index in [9.17, 15) is 0 Å². The average Bonchev–Trinajstić information content (AvgIpc) is 2.38. The van der Waals surface area contributed by atoms with Gasteiger partial charge < -0.3 is 0 Å². The van der Waals surface area contributed by atoms with Gasteiger partial charge in [0.1, 0.15) is 0 Å². The van der Waals surface area contributed by atoms with Crippen LogP contribution in [0.25, 0.3) is 0 Å². The lowest BCUT2D eigenvalue weighted by Gasteiger charge is -1.94. The lowest BCUT2D eigenvalue weighted by atomic mass is 10.1. The van der Waals surface area contributed by atoms with Gasteiger partial charge in [0.25, 0.3) is 0 Å². The van der Waals surface area contributed by atoms with Gasteiger partial charge in [-0.15, -0.1) is 0 Å². The zero-order valence-corrected chi connectivity index (χ0v) is 8.15. The second-order valence-electron chi connectivity index (χ2n) is 4.31. The van der Waals surface area contributed by atoms with Crippen LogP contribution >= 0.6 is 0 Å². The Labute approximate surface area is 66.0 Å². The third kappa shape index (κ3) is 8.00. The fourth-order valence-electron chi connectivity index (χ4n) is 0.763. The molecule has 1 aliphatic carbocycles. The van der Waals surface area contributed by atoms with Crippen LogP contribution in [0.1, 0.15) is 47.5 Å². The SMILES string of the molecule is CC(C)C.CC(C)C1CC1. The van der Waals surface area contributed by atoms with Crippen LogP contribution in [0.15, 0.2) is 0 Å². The summed E-state index contributed by atoms with van der Waals surface area (Å²) in [4.78, 5) is 0. The molecule has 0 spiro atoms. The Kier molecular flexibility index (Phi) is 4.76. The minimum atomic E-state index is 0.833. The summed E-state index contributed by atoms with van der Waals surface area (Å²) in [5.74, 6) is 2.90. The molecule has 0 bridgehead atoms. The normalized spacial score (nSPS) is 17.1. The lowest BCUT2D eigenvalue weighted by Crippen LogP contribution is -1.85. The molecule has 1 saturated carbocycles. The second kappa shape index (κ2) is 4.76. The van der Waals surface area contributed by atoms with Crippen molar-refractivity contribution in [1.82, 2.24) is 0 Å². The van der Waals surface area contributed by atoms with Crippen LogP contribution in [0.5, 0.6) is 0 Å². The van der Waals surface area contributed by atoms with Gasteiger partial charge in [-0.05, 0) is 30.6 Å². The molecule has 0 nitrogen and oxygen atoms in total. The highest BCUT2D eigenvalue weighted by molar-refractivity contribution is 4.75. The van der Waals surface area contributed by atoms with E-state index in [2.05, 4.69) is 34.6 Å². The van der Waals surface area contributed by atoms with Gasteiger partial charge in [0.2, 0.25) is 0 Å². The molecule has 0 saturated heterocycles. The van der Waals surface area contributed by atoms with Crippen LogP contribution < -0.4 is 0 Å². The number of hydrogen-bond donors (Lipinski definition) is 0. The van der Waals surface area contributed by atoms with Crippen molar-refractivity contribution >= 4 is 0 Å². The fraction of sp³-hybridized carbons (Fsp3) is 1.00. The average molecular weight is 142 g/mol. The predicted octanol–water partition coefficient (Wildman–Crippen LogP) is 3.71. The predicted molar refractivity (Wildman–Crippen MR) is 48.1 cm³/mol. The van der Waals surface area contributed by atoms with Crippen LogP contribution in [0.3, 0.4) is 0 Å². The zero-order chi connectivity index (χ0) is 8.15. The Hall–Kier alpha value is 0. The van der Waals surface area contributed by atoms with Gasteiger partial charge >= 0.3 is 0 Å². The number of rotatable bonds is 1. The molecule has 0 aromatic carbocycles. The highest BCUT2D eigenvalue weighted by Crippen LogP contribution is 2.35. The molecule has 62 valence electrons. The number of hydrogen-bond acceptors (Lipinski definition) is 0. The zero-order valence-electron chi connectivity index (χ0n) is 8.15. The summed E-state index contributed by atoms with van der Waals surface area (Å²) in [6, 6.07) is 0. The first kappa shape index (κ1) is 10.0. The molecule has 0 aromatic heterocycles. The van der Waals surface area contributed by atoms with Gasteiger partial charge in [0.05, 0.1) is 0 Å². The summed E-state index contributed by atoms with van der Waals surface area (Å²) in [6.45, 7) is 11.1. The minimum absolute atomic E-state index is 0.833. The van der Waals surface area contributed by atoms with E-state index in [0.717, 1.165) is 17.8 Å². The van der Waals surface area contributed by atoms with E-state index in [-0.39, 0.29) is 0 Å². The molecule has 0 amide bonds. The quantitative estimate of drug-likeness (QED) is 0.523. The highest BCUT2D eigenvalue weighted by atomic mass is 14.3.